The summed E-state index contributed by atoms with van der Waals surface area (Å²) in [5.41, 5.74) is 2.50. The van der Waals surface area contributed by atoms with Crippen molar-refractivity contribution in [3.63, 3.8) is 0 Å². The maximum atomic E-state index is 11.6. The van der Waals surface area contributed by atoms with Gasteiger partial charge in [0, 0.05) is 12.6 Å². The number of carbonyl (C=O) groups is 1. The van der Waals surface area contributed by atoms with Crippen LogP contribution in [0.1, 0.15) is 37.8 Å². The monoisotopic (exact) mass is 248 g/mol. The van der Waals surface area contributed by atoms with Gasteiger partial charge in [-0.1, -0.05) is 37.6 Å². The SMILES string of the molecule is CCCC(C)NC(=O)CNCc1ccccc1C. The fraction of sp³-hybridized carbons (Fsp3) is 0.533. The molecule has 0 fully saturated rings. The van der Waals surface area contributed by atoms with Gasteiger partial charge in [-0.3, -0.25) is 4.79 Å². The molecule has 100 valence electrons. The van der Waals surface area contributed by atoms with E-state index in [0.29, 0.717) is 6.54 Å². The second-order valence-corrected chi connectivity index (χ2v) is 4.79. The molecule has 0 bridgehead atoms. The summed E-state index contributed by atoms with van der Waals surface area (Å²) in [4.78, 5) is 11.6. The minimum Gasteiger partial charge on any atom is -0.353 e. The summed E-state index contributed by atoms with van der Waals surface area (Å²) < 4.78 is 0. The molecular formula is C15H24N2O. The molecule has 1 atom stereocenters. The van der Waals surface area contributed by atoms with Crippen LogP contribution in [0.15, 0.2) is 24.3 Å². The molecule has 0 radical (unpaired) electrons. The van der Waals surface area contributed by atoms with Crippen molar-refractivity contribution < 1.29 is 4.79 Å². The molecule has 3 heteroatoms. The van der Waals surface area contributed by atoms with E-state index in [4.69, 9.17) is 0 Å². The quantitative estimate of drug-likeness (QED) is 0.778. The molecule has 0 aliphatic heterocycles. The number of nitrogens with one attached hydrogen (secondary N) is 2. The third-order valence-corrected chi connectivity index (χ3v) is 2.99. The smallest absolute Gasteiger partial charge is 0.234 e. The maximum Gasteiger partial charge on any atom is 0.234 e. The van der Waals surface area contributed by atoms with E-state index < -0.39 is 0 Å². The lowest BCUT2D eigenvalue weighted by Crippen LogP contribution is -2.38. The highest BCUT2D eigenvalue weighted by Gasteiger charge is 2.05. The number of carbonyl (C=O) groups excluding carboxylic acids is 1. The highest BCUT2D eigenvalue weighted by molar-refractivity contribution is 5.78. The van der Waals surface area contributed by atoms with Crippen molar-refractivity contribution in [3.05, 3.63) is 35.4 Å². The highest BCUT2D eigenvalue weighted by atomic mass is 16.1. The van der Waals surface area contributed by atoms with Crippen molar-refractivity contribution in [2.75, 3.05) is 6.54 Å². The number of hydrogen-bond donors (Lipinski definition) is 2. The fourth-order valence-electron chi connectivity index (χ4n) is 1.95. The molecule has 0 heterocycles. The standard InChI is InChI=1S/C15H24N2O/c1-4-7-13(3)17-15(18)11-16-10-14-9-6-5-8-12(14)2/h5-6,8-9,13,16H,4,7,10-11H2,1-3H3,(H,17,18). The molecule has 0 aliphatic rings. The minimum atomic E-state index is 0.0736. The van der Waals surface area contributed by atoms with Crippen LogP contribution < -0.4 is 10.6 Å². The summed E-state index contributed by atoms with van der Waals surface area (Å²) in [5, 5.41) is 6.16. The van der Waals surface area contributed by atoms with Crippen molar-refractivity contribution in [1.82, 2.24) is 10.6 Å². The lowest BCUT2D eigenvalue weighted by molar-refractivity contribution is -0.120. The number of amides is 1. The molecule has 1 unspecified atom stereocenters. The van der Waals surface area contributed by atoms with Gasteiger partial charge in [-0.2, -0.15) is 0 Å². The topological polar surface area (TPSA) is 41.1 Å². The maximum absolute atomic E-state index is 11.6. The van der Waals surface area contributed by atoms with E-state index in [9.17, 15) is 4.79 Å². The zero-order valence-electron chi connectivity index (χ0n) is 11.6. The number of aryl methyl sites for hydroxylation is 1. The molecule has 1 rings (SSSR count). The average Bonchev–Trinajstić information content (AvgIpc) is 2.31. The Bertz CT molecular complexity index is 377. The Morgan fingerprint density at radius 1 is 1.33 bits per heavy atom. The Morgan fingerprint density at radius 2 is 2.06 bits per heavy atom. The first-order valence-electron chi connectivity index (χ1n) is 6.68. The van der Waals surface area contributed by atoms with E-state index in [-0.39, 0.29) is 11.9 Å². The largest absolute Gasteiger partial charge is 0.353 e. The Balaban J connectivity index is 2.25. The lowest BCUT2D eigenvalue weighted by atomic mass is 10.1. The summed E-state index contributed by atoms with van der Waals surface area (Å²) >= 11 is 0. The zero-order chi connectivity index (χ0) is 13.4. The van der Waals surface area contributed by atoms with Gasteiger partial charge in [0.15, 0.2) is 0 Å². The van der Waals surface area contributed by atoms with Crippen LogP contribution in [-0.4, -0.2) is 18.5 Å². The Labute approximate surface area is 110 Å². The molecule has 0 aliphatic carbocycles. The predicted octanol–water partition coefficient (Wildman–Crippen LogP) is 2.39. The van der Waals surface area contributed by atoms with Crippen molar-refractivity contribution >= 4 is 5.91 Å². The van der Waals surface area contributed by atoms with Crippen LogP contribution in [0.4, 0.5) is 0 Å². The first-order chi connectivity index (χ1) is 8.63. The van der Waals surface area contributed by atoms with Gasteiger partial charge < -0.3 is 10.6 Å². The molecule has 0 spiro atoms. The molecule has 18 heavy (non-hydrogen) atoms. The van der Waals surface area contributed by atoms with Crippen molar-refractivity contribution in [2.24, 2.45) is 0 Å². The van der Waals surface area contributed by atoms with Crippen LogP contribution in [0.3, 0.4) is 0 Å². The van der Waals surface area contributed by atoms with Gasteiger partial charge in [-0.15, -0.1) is 0 Å². The third kappa shape index (κ3) is 5.32. The summed E-state index contributed by atoms with van der Waals surface area (Å²) in [6.45, 7) is 7.37. The van der Waals surface area contributed by atoms with E-state index >= 15 is 0 Å². The molecule has 0 saturated heterocycles. The third-order valence-electron chi connectivity index (χ3n) is 2.99. The number of hydrogen-bond acceptors (Lipinski definition) is 2. The van der Waals surface area contributed by atoms with Gasteiger partial charge in [0.1, 0.15) is 0 Å². The summed E-state index contributed by atoms with van der Waals surface area (Å²) in [5.74, 6) is 0.0736. The molecule has 1 amide bonds. The van der Waals surface area contributed by atoms with Gasteiger partial charge in [0.25, 0.3) is 0 Å². The van der Waals surface area contributed by atoms with Crippen LogP contribution >= 0.6 is 0 Å². The fourth-order valence-corrected chi connectivity index (χ4v) is 1.95. The van der Waals surface area contributed by atoms with Crippen molar-refractivity contribution in [1.29, 1.82) is 0 Å². The molecular weight excluding hydrogens is 224 g/mol. The van der Waals surface area contributed by atoms with E-state index in [1.165, 1.54) is 11.1 Å². The van der Waals surface area contributed by atoms with Crippen molar-refractivity contribution in [2.45, 2.75) is 46.2 Å². The van der Waals surface area contributed by atoms with E-state index in [2.05, 4.69) is 36.6 Å². The summed E-state index contributed by atoms with van der Waals surface area (Å²) in [6, 6.07) is 8.48. The molecule has 2 N–H and O–H groups in total. The van der Waals surface area contributed by atoms with Crippen LogP contribution in [-0.2, 0) is 11.3 Å². The summed E-state index contributed by atoms with van der Waals surface area (Å²) in [6.07, 6.45) is 2.13. The van der Waals surface area contributed by atoms with Gasteiger partial charge in [-0.05, 0) is 31.4 Å². The van der Waals surface area contributed by atoms with Crippen LogP contribution in [0.5, 0.6) is 0 Å². The number of benzene rings is 1. The molecule has 1 aromatic rings. The van der Waals surface area contributed by atoms with E-state index in [1.807, 2.05) is 19.1 Å². The Kier molecular flexibility index (Phi) is 6.44. The average molecular weight is 248 g/mol. The zero-order valence-corrected chi connectivity index (χ0v) is 11.6. The molecule has 0 aromatic heterocycles. The van der Waals surface area contributed by atoms with Gasteiger partial charge in [0.05, 0.1) is 6.54 Å². The molecule has 0 saturated carbocycles. The van der Waals surface area contributed by atoms with Gasteiger partial charge >= 0.3 is 0 Å². The van der Waals surface area contributed by atoms with E-state index in [0.717, 1.165) is 19.4 Å². The minimum absolute atomic E-state index is 0.0736. The molecule has 3 nitrogen and oxygen atoms in total. The Hall–Kier alpha value is -1.35. The first-order valence-corrected chi connectivity index (χ1v) is 6.68. The van der Waals surface area contributed by atoms with Crippen molar-refractivity contribution in [3.8, 4) is 0 Å². The first kappa shape index (κ1) is 14.7. The van der Waals surface area contributed by atoms with Crippen LogP contribution in [0.2, 0.25) is 0 Å². The normalized spacial score (nSPS) is 12.2. The predicted molar refractivity (Wildman–Crippen MR) is 75.4 cm³/mol. The van der Waals surface area contributed by atoms with Crippen LogP contribution in [0, 0.1) is 6.92 Å². The number of rotatable bonds is 7. The molecule has 1 aromatic carbocycles. The summed E-state index contributed by atoms with van der Waals surface area (Å²) in [7, 11) is 0. The Morgan fingerprint density at radius 3 is 2.72 bits per heavy atom. The van der Waals surface area contributed by atoms with Crippen LogP contribution in [0.25, 0.3) is 0 Å². The van der Waals surface area contributed by atoms with Gasteiger partial charge in [-0.25, -0.2) is 0 Å². The highest BCUT2D eigenvalue weighted by Crippen LogP contribution is 2.05. The second-order valence-electron chi connectivity index (χ2n) is 4.79. The van der Waals surface area contributed by atoms with Gasteiger partial charge in [0.2, 0.25) is 5.91 Å². The van der Waals surface area contributed by atoms with E-state index in [1.54, 1.807) is 0 Å². The second kappa shape index (κ2) is 7.88. The lowest BCUT2D eigenvalue weighted by Gasteiger charge is -2.13.